The van der Waals surface area contributed by atoms with Crippen molar-refractivity contribution in [2.75, 3.05) is 5.32 Å². The Kier molecular flexibility index (Phi) is 5.01. The van der Waals surface area contributed by atoms with Crippen molar-refractivity contribution in [2.24, 2.45) is 5.92 Å². The van der Waals surface area contributed by atoms with Gasteiger partial charge in [-0.3, -0.25) is 9.59 Å². The van der Waals surface area contributed by atoms with Gasteiger partial charge in [0.05, 0.1) is 15.4 Å². The van der Waals surface area contributed by atoms with Gasteiger partial charge in [0.25, 0.3) is 5.91 Å². The van der Waals surface area contributed by atoms with Gasteiger partial charge in [0.1, 0.15) is 4.88 Å². The van der Waals surface area contributed by atoms with Crippen molar-refractivity contribution >= 4 is 50.5 Å². The van der Waals surface area contributed by atoms with Gasteiger partial charge in [-0.2, -0.15) is 0 Å². The summed E-state index contributed by atoms with van der Waals surface area (Å²) in [6, 6.07) is 5.50. The van der Waals surface area contributed by atoms with E-state index in [4.69, 9.17) is 11.6 Å². The van der Waals surface area contributed by atoms with E-state index in [9.17, 15) is 9.59 Å². The maximum atomic E-state index is 12.4. The van der Waals surface area contributed by atoms with E-state index >= 15 is 0 Å². The first-order valence-electron chi connectivity index (χ1n) is 7.44. The summed E-state index contributed by atoms with van der Waals surface area (Å²) in [6.07, 6.45) is 0. The number of benzene rings is 1. The molecular weight excluding hydrogens is 332 g/mol. The lowest BCUT2D eigenvalue weighted by molar-refractivity contribution is -0.118. The summed E-state index contributed by atoms with van der Waals surface area (Å²) in [7, 11) is 0. The number of hydrogen-bond donors (Lipinski definition) is 2. The second-order valence-electron chi connectivity index (χ2n) is 6.78. The van der Waals surface area contributed by atoms with E-state index < -0.39 is 0 Å². The number of carbonyl (C=O) groups is 2. The van der Waals surface area contributed by atoms with Crippen LogP contribution in [0.3, 0.4) is 0 Å². The van der Waals surface area contributed by atoms with Gasteiger partial charge in [-0.1, -0.05) is 37.6 Å². The molecule has 1 aromatic heterocycles. The Morgan fingerprint density at radius 2 is 1.87 bits per heavy atom. The Balaban J connectivity index is 2.45. The van der Waals surface area contributed by atoms with Crippen LogP contribution in [-0.4, -0.2) is 17.4 Å². The molecule has 2 aromatic rings. The van der Waals surface area contributed by atoms with Crippen LogP contribution in [0.4, 0.5) is 5.69 Å². The van der Waals surface area contributed by atoms with Crippen molar-refractivity contribution < 1.29 is 9.59 Å². The average molecular weight is 353 g/mol. The molecule has 6 heteroatoms. The molecule has 2 amide bonds. The summed E-state index contributed by atoms with van der Waals surface area (Å²) in [5.41, 5.74) is 0.341. The Morgan fingerprint density at radius 3 is 2.43 bits per heavy atom. The fraction of sp³-hybridized carbons (Fsp3) is 0.412. The van der Waals surface area contributed by atoms with Crippen molar-refractivity contribution in [1.82, 2.24) is 5.32 Å². The summed E-state index contributed by atoms with van der Waals surface area (Å²) in [4.78, 5) is 24.8. The van der Waals surface area contributed by atoms with Crippen LogP contribution in [0, 0.1) is 5.92 Å². The summed E-state index contributed by atoms with van der Waals surface area (Å²) in [5.74, 6) is -0.392. The lowest BCUT2D eigenvalue weighted by Crippen LogP contribution is -2.40. The predicted octanol–water partition coefficient (Wildman–Crippen LogP) is 4.68. The van der Waals surface area contributed by atoms with Gasteiger partial charge in [0, 0.05) is 16.8 Å². The van der Waals surface area contributed by atoms with Crippen LogP contribution in [0.5, 0.6) is 0 Å². The van der Waals surface area contributed by atoms with Gasteiger partial charge in [-0.25, -0.2) is 0 Å². The third-order valence-electron chi connectivity index (χ3n) is 3.13. The Labute approximate surface area is 145 Å². The summed E-state index contributed by atoms with van der Waals surface area (Å²) in [6.45, 7) is 9.42. The van der Waals surface area contributed by atoms with Crippen molar-refractivity contribution in [1.29, 1.82) is 0 Å². The minimum absolute atomic E-state index is 0.0669. The minimum Gasteiger partial charge on any atom is -0.347 e. The normalized spacial score (nSPS) is 11.8. The number of rotatable bonds is 3. The Hall–Kier alpha value is -1.59. The van der Waals surface area contributed by atoms with Crippen molar-refractivity contribution in [3.8, 4) is 0 Å². The molecule has 0 radical (unpaired) electrons. The molecule has 4 nitrogen and oxygen atoms in total. The molecule has 0 saturated heterocycles. The number of amides is 2. The van der Waals surface area contributed by atoms with E-state index in [1.54, 1.807) is 0 Å². The van der Waals surface area contributed by atoms with Crippen LogP contribution in [0.15, 0.2) is 18.2 Å². The average Bonchev–Trinajstić information content (AvgIpc) is 2.75. The molecule has 0 fully saturated rings. The number of halogens is 1. The Morgan fingerprint density at radius 1 is 1.22 bits per heavy atom. The van der Waals surface area contributed by atoms with Gasteiger partial charge in [0.15, 0.2) is 0 Å². The van der Waals surface area contributed by atoms with Gasteiger partial charge in [0.2, 0.25) is 5.91 Å². The third kappa shape index (κ3) is 4.03. The molecule has 1 heterocycles. The number of fused-ring (bicyclic) bond motifs is 1. The zero-order valence-electron chi connectivity index (χ0n) is 13.9. The topological polar surface area (TPSA) is 58.2 Å². The van der Waals surface area contributed by atoms with Crippen molar-refractivity contribution in [2.45, 2.75) is 40.2 Å². The van der Waals surface area contributed by atoms with E-state index in [1.165, 1.54) is 11.3 Å². The molecule has 0 saturated carbocycles. The molecule has 2 rings (SSSR count). The van der Waals surface area contributed by atoms with Crippen LogP contribution >= 0.6 is 22.9 Å². The summed E-state index contributed by atoms with van der Waals surface area (Å²) in [5, 5.41) is 7.01. The fourth-order valence-electron chi connectivity index (χ4n) is 2.01. The monoisotopic (exact) mass is 352 g/mol. The van der Waals surface area contributed by atoms with Crippen LogP contribution in [0.2, 0.25) is 5.02 Å². The molecule has 23 heavy (non-hydrogen) atoms. The molecule has 0 bridgehead atoms. The molecule has 0 unspecified atom stereocenters. The lowest BCUT2D eigenvalue weighted by Gasteiger charge is -2.19. The van der Waals surface area contributed by atoms with Crippen LogP contribution in [0.25, 0.3) is 10.1 Å². The number of anilines is 1. The number of hydrogen-bond acceptors (Lipinski definition) is 3. The molecule has 0 aliphatic carbocycles. The zero-order chi connectivity index (χ0) is 17.4. The first kappa shape index (κ1) is 17.8. The van der Waals surface area contributed by atoms with Crippen LogP contribution < -0.4 is 10.6 Å². The highest BCUT2D eigenvalue weighted by Crippen LogP contribution is 2.39. The first-order valence-corrected chi connectivity index (χ1v) is 8.64. The zero-order valence-corrected chi connectivity index (χ0v) is 15.5. The number of nitrogens with one attached hydrogen (secondary N) is 2. The largest absolute Gasteiger partial charge is 0.347 e. The van der Waals surface area contributed by atoms with Crippen LogP contribution in [0.1, 0.15) is 44.3 Å². The van der Waals surface area contributed by atoms with Gasteiger partial charge < -0.3 is 10.6 Å². The molecule has 2 N–H and O–H groups in total. The molecular formula is C17H21ClN2O2S. The van der Waals surface area contributed by atoms with Crippen molar-refractivity contribution in [3.63, 3.8) is 0 Å². The summed E-state index contributed by atoms with van der Waals surface area (Å²) < 4.78 is 0.811. The highest BCUT2D eigenvalue weighted by Gasteiger charge is 2.22. The maximum Gasteiger partial charge on any atom is 0.263 e. The van der Waals surface area contributed by atoms with E-state index in [1.807, 2.05) is 52.8 Å². The second kappa shape index (κ2) is 6.49. The standard InChI is InChI=1S/C17H21ClN2O2S/c1-9(2)15(21)19-11-8-6-7-10-12(18)14(23-13(10)11)16(22)20-17(3,4)5/h6-9H,1-5H3,(H,19,21)(H,20,22). The fourth-order valence-corrected chi connectivity index (χ4v) is 3.48. The predicted molar refractivity (Wildman–Crippen MR) is 97.5 cm³/mol. The SMILES string of the molecule is CC(C)C(=O)Nc1cccc2c(Cl)c(C(=O)NC(C)(C)C)sc12. The molecule has 0 atom stereocenters. The number of carbonyl (C=O) groups excluding carboxylic acids is 2. The van der Waals surface area contributed by atoms with E-state index in [-0.39, 0.29) is 23.3 Å². The van der Waals surface area contributed by atoms with E-state index in [2.05, 4.69) is 10.6 Å². The Bertz CT molecular complexity index is 760. The van der Waals surface area contributed by atoms with Gasteiger partial charge in [-0.05, 0) is 26.8 Å². The van der Waals surface area contributed by atoms with Crippen LogP contribution in [-0.2, 0) is 4.79 Å². The smallest absolute Gasteiger partial charge is 0.263 e. The minimum atomic E-state index is -0.342. The maximum absolute atomic E-state index is 12.4. The highest BCUT2D eigenvalue weighted by molar-refractivity contribution is 7.22. The highest BCUT2D eigenvalue weighted by atomic mass is 35.5. The lowest BCUT2D eigenvalue weighted by atomic mass is 10.1. The van der Waals surface area contributed by atoms with Gasteiger partial charge >= 0.3 is 0 Å². The van der Waals surface area contributed by atoms with E-state index in [0.29, 0.717) is 15.6 Å². The first-order chi connectivity index (χ1) is 10.6. The molecule has 0 spiro atoms. The summed E-state index contributed by atoms with van der Waals surface area (Å²) >= 11 is 7.68. The molecule has 0 aliphatic heterocycles. The number of thiophene rings is 1. The third-order valence-corrected chi connectivity index (χ3v) is 4.87. The van der Waals surface area contributed by atoms with Gasteiger partial charge in [-0.15, -0.1) is 11.3 Å². The quantitative estimate of drug-likeness (QED) is 0.842. The molecule has 124 valence electrons. The van der Waals surface area contributed by atoms with Crippen molar-refractivity contribution in [3.05, 3.63) is 28.1 Å². The molecule has 0 aliphatic rings. The molecule has 1 aromatic carbocycles. The second-order valence-corrected chi connectivity index (χ2v) is 8.17. The van der Waals surface area contributed by atoms with E-state index in [0.717, 1.165) is 10.1 Å².